The standard InChI is InChI=1S/C15H12BrF2NO3/c16-10-4-3-5-11(8-10)21-9-14(20)19-12-6-1-2-7-13(12)22-15(17)18/h1-8,15H,9H2,(H,19,20). The Balaban J connectivity index is 1.95. The van der Waals surface area contributed by atoms with Gasteiger partial charge < -0.3 is 14.8 Å². The van der Waals surface area contributed by atoms with Crippen molar-refractivity contribution in [3.63, 3.8) is 0 Å². The van der Waals surface area contributed by atoms with Gasteiger partial charge in [0.25, 0.3) is 5.91 Å². The molecule has 7 heteroatoms. The lowest BCUT2D eigenvalue weighted by molar-refractivity contribution is -0.118. The molecule has 4 nitrogen and oxygen atoms in total. The smallest absolute Gasteiger partial charge is 0.387 e. The van der Waals surface area contributed by atoms with Crippen molar-refractivity contribution in [1.29, 1.82) is 0 Å². The van der Waals surface area contributed by atoms with E-state index in [4.69, 9.17) is 4.74 Å². The molecule has 0 heterocycles. The third-order valence-corrected chi connectivity index (χ3v) is 3.04. The minimum absolute atomic E-state index is 0.103. The lowest BCUT2D eigenvalue weighted by Gasteiger charge is -2.12. The highest BCUT2D eigenvalue weighted by Gasteiger charge is 2.11. The van der Waals surface area contributed by atoms with Crippen LogP contribution < -0.4 is 14.8 Å². The normalized spacial score (nSPS) is 10.4. The average molecular weight is 372 g/mol. The van der Waals surface area contributed by atoms with E-state index >= 15 is 0 Å². The second-order valence-corrected chi connectivity index (χ2v) is 5.08. The molecule has 0 spiro atoms. The molecule has 0 aliphatic rings. The predicted octanol–water partition coefficient (Wildman–Crippen LogP) is 4.07. The van der Waals surface area contributed by atoms with E-state index in [0.717, 1.165) is 4.47 Å². The SMILES string of the molecule is O=C(COc1cccc(Br)c1)Nc1ccccc1OC(F)F. The molecule has 0 aliphatic heterocycles. The predicted molar refractivity (Wildman–Crippen MR) is 81.3 cm³/mol. The summed E-state index contributed by atoms with van der Waals surface area (Å²) in [6.45, 7) is -3.21. The Morgan fingerprint density at radius 2 is 1.95 bits per heavy atom. The summed E-state index contributed by atoms with van der Waals surface area (Å²) in [5, 5.41) is 2.47. The number of rotatable bonds is 6. The molecule has 2 aromatic rings. The van der Waals surface area contributed by atoms with Crippen molar-refractivity contribution in [3.8, 4) is 11.5 Å². The van der Waals surface area contributed by atoms with Crippen LogP contribution >= 0.6 is 15.9 Å². The van der Waals surface area contributed by atoms with E-state index in [2.05, 4.69) is 26.0 Å². The Hall–Kier alpha value is -2.15. The van der Waals surface area contributed by atoms with Crippen LogP contribution in [-0.2, 0) is 4.79 Å². The van der Waals surface area contributed by atoms with Gasteiger partial charge in [-0.3, -0.25) is 4.79 Å². The van der Waals surface area contributed by atoms with Gasteiger partial charge in [-0.05, 0) is 30.3 Å². The molecule has 1 N–H and O–H groups in total. The van der Waals surface area contributed by atoms with Crippen molar-refractivity contribution in [2.45, 2.75) is 6.61 Å². The van der Waals surface area contributed by atoms with Crippen LogP contribution in [0.15, 0.2) is 53.0 Å². The molecule has 22 heavy (non-hydrogen) atoms. The Kier molecular flexibility index (Phi) is 5.71. The fraction of sp³-hybridized carbons (Fsp3) is 0.133. The largest absolute Gasteiger partial charge is 0.484 e. The number of nitrogens with one attached hydrogen (secondary N) is 1. The summed E-state index contributed by atoms with van der Waals surface area (Å²) in [7, 11) is 0. The minimum atomic E-state index is -2.96. The maximum atomic E-state index is 12.3. The Bertz CT molecular complexity index is 652. The maximum Gasteiger partial charge on any atom is 0.387 e. The van der Waals surface area contributed by atoms with Crippen molar-refractivity contribution in [2.24, 2.45) is 0 Å². The van der Waals surface area contributed by atoms with Crippen molar-refractivity contribution < 1.29 is 23.0 Å². The highest BCUT2D eigenvalue weighted by Crippen LogP contribution is 2.25. The van der Waals surface area contributed by atoms with E-state index in [0.29, 0.717) is 5.75 Å². The lowest BCUT2D eigenvalue weighted by Crippen LogP contribution is -2.20. The van der Waals surface area contributed by atoms with Crippen LogP contribution in [0.1, 0.15) is 0 Å². The molecule has 0 unspecified atom stereocenters. The first-order chi connectivity index (χ1) is 10.5. The average Bonchev–Trinajstić information content (AvgIpc) is 2.47. The molecule has 2 aromatic carbocycles. The summed E-state index contributed by atoms with van der Waals surface area (Å²) in [4.78, 5) is 11.8. The third kappa shape index (κ3) is 5.00. The van der Waals surface area contributed by atoms with Gasteiger partial charge in [-0.2, -0.15) is 8.78 Å². The third-order valence-electron chi connectivity index (χ3n) is 2.54. The summed E-state index contributed by atoms with van der Waals surface area (Å²) >= 11 is 3.29. The molecule has 0 fully saturated rings. The quantitative estimate of drug-likeness (QED) is 0.832. The molecular weight excluding hydrogens is 360 g/mol. The number of para-hydroxylation sites is 2. The van der Waals surface area contributed by atoms with Crippen LogP contribution in [0.25, 0.3) is 0 Å². The van der Waals surface area contributed by atoms with Gasteiger partial charge >= 0.3 is 6.61 Å². The van der Waals surface area contributed by atoms with Crippen LogP contribution in [0.3, 0.4) is 0 Å². The summed E-state index contributed by atoms with van der Waals surface area (Å²) < 4.78 is 35.0. The van der Waals surface area contributed by atoms with Gasteiger partial charge in [0.1, 0.15) is 11.5 Å². The fourth-order valence-corrected chi connectivity index (χ4v) is 2.04. The van der Waals surface area contributed by atoms with Crippen molar-refractivity contribution >= 4 is 27.5 Å². The summed E-state index contributed by atoms with van der Waals surface area (Å²) in [5.74, 6) is -0.0692. The molecule has 2 rings (SSSR count). The van der Waals surface area contributed by atoms with E-state index in [1.54, 1.807) is 24.3 Å². The van der Waals surface area contributed by atoms with E-state index in [1.165, 1.54) is 18.2 Å². The van der Waals surface area contributed by atoms with Crippen LogP contribution in [0.2, 0.25) is 0 Å². The number of ether oxygens (including phenoxy) is 2. The molecule has 0 atom stereocenters. The van der Waals surface area contributed by atoms with Gasteiger partial charge in [-0.1, -0.05) is 34.1 Å². The number of amides is 1. The number of hydrogen-bond donors (Lipinski definition) is 1. The highest BCUT2D eigenvalue weighted by atomic mass is 79.9. The van der Waals surface area contributed by atoms with E-state index < -0.39 is 12.5 Å². The summed E-state index contributed by atoms with van der Waals surface area (Å²) in [6.07, 6.45) is 0. The van der Waals surface area contributed by atoms with Crippen LogP contribution in [-0.4, -0.2) is 19.1 Å². The zero-order chi connectivity index (χ0) is 15.9. The lowest BCUT2D eigenvalue weighted by atomic mass is 10.3. The van der Waals surface area contributed by atoms with Gasteiger partial charge in [0.2, 0.25) is 0 Å². The van der Waals surface area contributed by atoms with Gasteiger partial charge in [-0.15, -0.1) is 0 Å². The molecule has 1 amide bonds. The molecular formula is C15H12BrF2NO3. The van der Waals surface area contributed by atoms with Gasteiger partial charge in [0, 0.05) is 4.47 Å². The summed E-state index contributed by atoms with van der Waals surface area (Å²) in [6, 6.07) is 12.9. The van der Waals surface area contributed by atoms with E-state index in [9.17, 15) is 13.6 Å². The Labute approximate surface area is 134 Å². The first-order valence-corrected chi connectivity index (χ1v) is 7.06. The van der Waals surface area contributed by atoms with E-state index in [-0.39, 0.29) is 18.0 Å². The van der Waals surface area contributed by atoms with Crippen molar-refractivity contribution in [1.82, 2.24) is 0 Å². The van der Waals surface area contributed by atoms with Crippen LogP contribution in [0.4, 0.5) is 14.5 Å². The number of carbonyl (C=O) groups is 1. The Morgan fingerprint density at radius 3 is 2.68 bits per heavy atom. The molecule has 0 aromatic heterocycles. The zero-order valence-electron chi connectivity index (χ0n) is 11.3. The first-order valence-electron chi connectivity index (χ1n) is 6.26. The molecule has 0 saturated heterocycles. The number of carbonyl (C=O) groups excluding carboxylic acids is 1. The first kappa shape index (κ1) is 16.2. The van der Waals surface area contributed by atoms with Gasteiger partial charge in [-0.25, -0.2) is 0 Å². The van der Waals surface area contributed by atoms with Crippen LogP contribution in [0.5, 0.6) is 11.5 Å². The van der Waals surface area contributed by atoms with Crippen molar-refractivity contribution in [2.75, 3.05) is 11.9 Å². The monoisotopic (exact) mass is 371 g/mol. The number of hydrogen-bond acceptors (Lipinski definition) is 3. The summed E-state index contributed by atoms with van der Waals surface area (Å²) in [5.41, 5.74) is 0.158. The number of benzene rings is 2. The molecule has 0 bridgehead atoms. The van der Waals surface area contributed by atoms with E-state index in [1.807, 2.05) is 6.07 Å². The Morgan fingerprint density at radius 1 is 1.18 bits per heavy atom. The second kappa shape index (κ2) is 7.74. The number of alkyl halides is 2. The zero-order valence-corrected chi connectivity index (χ0v) is 12.8. The highest BCUT2D eigenvalue weighted by molar-refractivity contribution is 9.10. The van der Waals surface area contributed by atoms with Gasteiger partial charge in [0.05, 0.1) is 5.69 Å². The van der Waals surface area contributed by atoms with Crippen molar-refractivity contribution in [3.05, 3.63) is 53.0 Å². The number of halogens is 3. The number of anilines is 1. The van der Waals surface area contributed by atoms with Crippen LogP contribution in [0, 0.1) is 0 Å². The topological polar surface area (TPSA) is 47.6 Å². The fourth-order valence-electron chi connectivity index (χ4n) is 1.66. The molecule has 0 aliphatic carbocycles. The minimum Gasteiger partial charge on any atom is -0.484 e. The molecule has 0 saturated carbocycles. The molecule has 116 valence electrons. The molecule has 0 radical (unpaired) electrons. The second-order valence-electron chi connectivity index (χ2n) is 4.17. The maximum absolute atomic E-state index is 12.3. The van der Waals surface area contributed by atoms with Gasteiger partial charge in [0.15, 0.2) is 6.61 Å².